The Hall–Kier alpha value is -7.32. The topological polar surface area (TPSA) is 124 Å². The van der Waals surface area contributed by atoms with Gasteiger partial charge in [0.2, 0.25) is 0 Å². The van der Waals surface area contributed by atoms with Gasteiger partial charge >= 0.3 is 28.4 Å². The number of hydrogen-bond donors (Lipinski definition) is 0. The molecule has 0 unspecified atom stereocenters. The Kier molecular flexibility index (Phi) is 11.0. The minimum absolute atomic E-state index is 0.0996. The molecule has 11 rings (SSSR count). The minimum atomic E-state index is -1.95. The summed E-state index contributed by atoms with van der Waals surface area (Å²) >= 11 is 0. The van der Waals surface area contributed by atoms with Crippen molar-refractivity contribution in [1.82, 2.24) is 0 Å². The number of hydrogen-bond acceptors (Lipinski definition) is 10. The van der Waals surface area contributed by atoms with Crippen LogP contribution in [0.5, 0.6) is 0 Å². The van der Waals surface area contributed by atoms with Crippen LogP contribution in [0.1, 0.15) is 34.6 Å². The molecule has 2 aromatic heterocycles. The van der Waals surface area contributed by atoms with Crippen molar-refractivity contribution in [2.24, 2.45) is 0 Å². The molecule has 0 fully saturated rings. The summed E-state index contributed by atoms with van der Waals surface area (Å²) in [5, 5.41) is 12.1. The first-order chi connectivity index (χ1) is 32.3. The Balaban J connectivity index is 0.779. The van der Waals surface area contributed by atoms with Crippen LogP contribution in [0.15, 0.2) is 187 Å². The average Bonchev–Trinajstić information content (AvgIpc) is 3.62. The van der Waals surface area contributed by atoms with Gasteiger partial charge in [0.05, 0.1) is 11.1 Å². The quantitative estimate of drug-likeness (QED) is 0.123. The van der Waals surface area contributed by atoms with Gasteiger partial charge in [-0.15, -0.1) is 0 Å². The molecule has 0 aliphatic rings. The Morgan fingerprint density at radius 3 is 1.03 bits per heavy atom. The van der Waals surface area contributed by atoms with Gasteiger partial charge in [0, 0.05) is 21.5 Å². The molecule has 2 heterocycles. The highest BCUT2D eigenvalue weighted by atomic mass is 31.1. The molecule has 0 saturated heterocycles. The molecule has 12 heteroatoms. The summed E-state index contributed by atoms with van der Waals surface area (Å²) in [6.07, 6.45) is -1.21. The highest BCUT2D eigenvalue weighted by Gasteiger charge is 2.20. The molecule has 0 bridgehead atoms. The Morgan fingerprint density at radius 2 is 0.712 bits per heavy atom. The van der Waals surface area contributed by atoms with Crippen molar-refractivity contribution in [3.05, 3.63) is 181 Å². The van der Waals surface area contributed by atoms with Crippen LogP contribution >= 0.6 is 16.5 Å². The molecule has 0 N–H and O–H groups in total. The van der Waals surface area contributed by atoms with Crippen molar-refractivity contribution in [3.8, 4) is 0 Å². The van der Waals surface area contributed by atoms with Crippen LogP contribution in [0.4, 0.5) is 0 Å². The smallest absolute Gasteiger partial charge is 0.387 e. The third-order valence-corrected chi connectivity index (χ3v) is 14.0. The SMILES string of the molecule is C[C@@H](COC(=O)c1cccc(C(=O)OC[C@H](C)Op2oc3ccc4ccccc4c3c3c(ccc4ccccc43)o2)c1)Op1oc2ccc3ccccc3c2c2c(ccc3ccccc32)o1. The van der Waals surface area contributed by atoms with Crippen molar-refractivity contribution in [2.45, 2.75) is 26.1 Å². The summed E-state index contributed by atoms with van der Waals surface area (Å²) in [6.45, 7) is 3.36. The van der Waals surface area contributed by atoms with Crippen LogP contribution in [-0.2, 0) is 9.47 Å². The van der Waals surface area contributed by atoms with E-state index < -0.39 is 40.6 Å². The first-order valence-corrected chi connectivity index (χ1v) is 23.7. The van der Waals surface area contributed by atoms with Crippen molar-refractivity contribution in [2.75, 3.05) is 13.2 Å². The fraction of sp³-hybridized carbons (Fsp3) is 0.111. The second-order valence-corrected chi connectivity index (χ2v) is 18.1. The van der Waals surface area contributed by atoms with E-state index in [0.717, 1.165) is 64.6 Å². The number of carbonyl (C=O) groups is 2. The maximum atomic E-state index is 13.4. The van der Waals surface area contributed by atoms with Gasteiger partial charge in [0.15, 0.2) is 0 Å². The van der Waals surface area contributed by atoms with E-state index >= 15 is 0 Å². The summed E-state index contributed by atoms with van der Waals surface area (Å²) in [5.41, 5.74) is 2.89. The van der Waals surface area contributed by atoms with E-state index in [9.17, 15) is 9.59 Å². The van der Waals surface area contributed by atoms with Crippen molar-refractivity contribution >= 4 is 115 Å². The normalized spacial score (nSPS) is 12.6. The van der Waals surface area contributed by atoms with Gasteiger partial charge in [-0.25, -0.2) is 9.59 Å². The molecule has 0 aliphatic heterocycles. The van der Waals surface area contributed by atoms with Gasteiger partial charge in [-0.1, -0.05) is 127 Å². The van der Waals surface area contributed by atoms with Crippen LogP contribution in [0, 0.1) is 0 Å². The summed E-state index contributed by atoms with van der Waals surface area (Å²) in [4.78, 5) is 26.7. The molecule has 9 aromatic carbocycles. The Labute approximate surface area is 379 Å². The highest BCUT2D eigenvalue weighted by Crippen LogP contribution is 2.42. The number of ether oxygens (including phenoxy) is 2. The number of carbonyl (C=O) groups excluding carboxylic acids is 2. The lowest BCUT2D eigenvalue weighted by molar-refractivity contribution is 0.0382. The zero-order valence-electron chi connectivity index (χ0n) is 35.7. The molecule has 2 atom stereocenters. The third-order valence-electron chi connectivity index (χ3n) is 11.5. The van der Waals surface area contributed by atoms with E-state index in [-0.39, 0.29) is 24.3 Å². The summed E-state index contributed by atoms with van der Waals surface area (Å²) in [7, 11) is -3.90. The molecule has 66 heavy (non-hydrogen) atoms. The first-order valence-electron chi connectivity index (χ1n) is 21.5. The van der Waals surface area contributed by atoms with Crippen LogP contribution < -0.4 is 9.05 Å². The zero-order chi connectivity index (χ0) is 44.7. The van der Waals surface area contributed by atoms with E-state index in [1.54, 1.807) is 32.0 Å². The van der Waals surface area contributed by atoms with Crippen molar-refractivity contribution in [1.29, 1.82) is 0 Å². The van der Waals surface area contributed by atoms with E-state index in [1.165, 1.54) is 6.07 Å². The van der Waals surface area contributed by atoms with E-state index in [2.05, 4.69) is 48.5 Å². The highest BCUT2D eigenvalue weighted by molar-refractivity contribution is 7.32. The van der Waals surface area contributed by atoms with Gasteiger partial charge in [-0.3, -0.25) is 9.05 Å². The monoisotopic (exact) mass is 910 g/mol. The van der Waals surface area contributed by atoms with Gasteiger partial charge in [0.1, 0.15) is 47.8 Å². The van der Waals surface area contributed by atoms with Gasteiger partial charge in [0.25, 0.3) is 0 Å². The average molecular weight is 911 g/mol. The van der Waals surface area contributed by atoms with Crippen LogP contribution in [0.2, 0.25) is 0 Å². The Bertz CT molecular complexity index is 3350. The van der Waals surface area contributed by atoms with Crippen LogP contribution in [-0.4, -0.2) is 37.4 Å². The van der Waals surface area contributed by atoms with Crippen molar-refractivity contribution < 1.29 is 44.9 Å². The molecule has 0 aliphatic carbocycles. The third kappa shape index (κ3) is 7.95. The lowest BCUT2D eigenvalue weighted by Gasteiger charge is -2.12. The number of rotatable bonds is 10. The van der Waals surface area contributed by atoms with E-state index in [0.29, 0.717) is 22.3 Å². The van der Waals surface area contributed by atoms with E-state index in [1.807, 2.05) is 97.1 Å². The standard InChI is InChI=1S/C54H40O10P2/c1-33(59-65-61-45-26-22-35-12-3-7-18-41(35)49(45)50-42-19-8-4-13-36(42)23-27-46(50)62-65)31-57-53(55)39-16-11-17-40(30-39)54(56)58-32-34(2)60-66-63-47-28-24-37-14-5-9-20-43(37)51(47)52-44-21-10-6-15-38(44)25-29-48(52)64-66/h3-30,33-34H,31-32H2,1-2H3/t33-,34-/m0/s1. The lowest BCUT2D eigenvalue weighted by Crippen LogP contribution is -2.21. The van der Waals surface area contributed by atoms with Gasteiger partial charge in [-0.05, 0) is 99.4 Å². The second kappa shape index (κ2) is 17.6. The molecule has 0 radical (unpaired) electrons. The Morgan fingerprint density at radius 1 is 0.409 bits per heavy atom. The van der Waals surface area contributed by atoms with Crippen molar-refractivity contribution in [3.63, 3.8) is 0 Å². The molecule has 11 aromatic rings. The van der Waals surface area contributed by atoms with Crippen LogP contribution in [0.3, 0.4) is 0 Å². The molecule has 326 valence electrons. The molecule has 10 nitrogen and oxygen atoms in total. The first kappa shape index (κ1) is 41.4. The molecular weight excluding hydrogens is 871 g/mol. The molecule has 0 amide bonds. The fourth-order valence-corrected chi connectivity index (χ4v) is 10.7. The maximum Gasteiger partial charge on any atom is 0.387 e. The predicted octanol–water partition coefficient (Wildman–Crippen LogP) is 14.9. The number of esters is 2. The van der Waals surface area contributed by atoms with Gasteiger partial charge in [-0.2, -0.15) is 0 Å². The zero-order valence-corrected chi connectivity index (χ0v) is 37.5. The number of benzene rings is 9. The predicted molar refractivity (Wildman–Crippen MR) is 262 cm³/mol. The second-order valence-electron chi connectivity index (χ2n) is 16.1. The summed E-state index contributed by atoms with van der Waals surface area (Å²) in [6, 6.07) is 54.7. The van der Waals surface area contributed by atoms with Gasteiger partial charge < -0.3 is 26.3 Å². The maximum absolute atomic E-state index is 13.4. The molecular formula is C54H40O10P2. The van der Waals surface area contributed by atoms with Crippen LogP contribution in [0.25, 0.3) is 87.0 Å². The summed E-state index contributed by atoms with van der Waals surface area (Å²) < 4.78 is 49.7. The lowest BCUT2D eigenvalue weighted by atomic mass is 9.99. The number of fused-ring (bicyclic) bond motifs is 14. The summed E-state index contributed by atoms with van der Waals surface area (Å²) in [5.74, 6) is -1.26. The molecule has 0 spiro atoms. The largest absolute Gasteiger partial charge is 0.459 e. The fourth-order valence-electron chi connectivity index (χ4n) is 8.47. The molecule has 0 saturated carbocycles. The minimum Gasteiger partial charge on any atom is -0.459 e. The van der Waals surface area contributed by atoms with E-state index in [4.69, 9.17) is 35.3 Å².